The van der Waals surface area contributed by atoms with Crippen LogP contribution in [-0.4, -0.2) is 24.5 Å². The van der Waals surface area contributed by atoms with Gasteiger partial charge >= 0.3 is 0 Å². The topological polar surface area (TPSA) is 3.24 Å². The molecule has 0 radical (unpaired) electrons. The van der Waals surface area contributed by atoms with E-state index in [4.69, 9.17) is 0 Å². The molecule has 1 aliphatic heterocycles. The van der Waals surface area contributed by atoms with Crippen LogP contribution in [0.3, 0.4) is 0 Å². The fourth-order valence-electron chi connectivity index (χ4n) is 1.24. The number of likely N-dealkylation sites (tertiary alicyclic amines) is 1. The summed E-state index contributed by atoms with van der Waals surface area (Å²) in [6.07, 6.45) is 4.24. The predicted molar refractivity (Wildman–Crippen MR) is 43.2 cm³/mol. The van der Waals surface area contributed by atoms with E-state index in [9.17, 15) is 0 Å². The lowest BCUT2D eigenvalue weighted by Crippen LogP contribution is -2.33. The Balaban J connectivity index is 0.000000640. The molecule has 1 saturated heterocycles. The molecular formula is C7H16ClN. The largest absolute Gasteiger partial charge is 0.304 e. The number of hydrogen-bond donors (Lipinski definition) is 0. The zero-order valence-electron chi connectivity index (χ0n) is 6.26. The smallest absolute Gasteiger partial charge is 0.00638 e. The van der Waals surface area contributed by atoms with Crippen LogP contribution in [0.5, 0.6) is 0 Å². The van der Waals surface area contributed by atoms with Crippen molar-refractivity contribution in [2.75, 3.05) is 13.6 Å². The summed E-state index contributed by atoms with van der Waals surface area (Å²) in [7, 11) is 2.21. The Morgan fingerprint density at radius 3 is 2.33 bits per heavy atom. The molecule has 9 heavy (non-hydrogen) atoms. The van der Waals surface area contributed by atoms with E-state index in [0.29, 0.717) is 0 Å². The molecule has 1 unspecified atom stereocenters. The molecule has 1 atom stereocenters. The van der Waals surface area contributed by atoms with Crippen LogP contribution < -0.4 is 0 Å². The predicted octanol–water partition coefficient (Wildman–Crippen LogP) is 1.91. The van der Waals surface area contributed by atoms with Gasteiger partial charge in [0, 0.05) is 6.04 Å². The lowest BCUT2D eigenvalue weighted by molar-refractivity contribution is 0.200. The van der Waals surface area contributed by atoms with Crippen molar-refractivity contribution >= 4 is 12.4 Å². The van der Waals surface area contributed by atoms with Crippen molar-refractivity contribution in [3.05, 3.63) is 0 Å². The van der Waals surface area contributed by atoms with Crippen molar-refractivity contribution in [1.29, 1.82) is 0 Å². The van der Waals surface area contributed by atoms with Gasteiger partial charge in [-0.2, -0.15) is 0 Å². The average molecular weight is 150 g/mol. The highest BCUT2D eigenvalue weighted by molar-refractivity contribution is 5.85. The van der Waals surface area contributed by atoms with Crippen molar-refractivity contribution in [2.45, 2.75) is 32.2 Å². The highest BCUT2D eigenvalue weighted by Crippen LogP contribution is 2.13. The summed E-state index contributed by atoms with van der Waals surface area (Å²) in [6.45, 7) is 3.61. The minimum Gasteiger partial charge on any atom is -0.304 e. The zero-order valence-corrected chi connectivity index (χ0v) is 7.08. The van der Waals surface area contributed by atoms with Crippen molar-refractivity contribution in [3.63, 3.8) is 0 Å². The summed E-state index contributed by atoms with van der Waals surface area (Å²) in [6, 6.07) is 0.837. The minimum absolute atomic E-state index is 0. The third-order valence-electron chi connectivity index (χ3n) is 2.14. The van der Waals surface area contributed by atoms with E-state index in [1.807, 2.05) is 0 Å². The first kappa shape index (κ1) is 9.25. The second kappa shape index (κ2) is 4.13. The van der Waals surface area contributed by atoms with Gasteiger partial charge in [0.25, 0.3) is 0 Å². The lowest BCUT2D eigenvalue weighted by Gasteiger charge is -2.29. The number of nitrogens with zero attached hydrogens (tertiary/aromatic N) is 1. The van der Waals surface area contributed by atoms with Crippen LogP contribution in [-0.2, 0) is 0 Å². The second-order valence-electron chi connectivity index (χ2n) is 2.83. The maximum atomic E-state index is 2.43. The first-order valence-corrected chi connectivity index (χ1v) is 3.51. The third kappa shape index (κ3) is 2.55. The van der Waals surface area contributed by atoms with Crippen LogP contribution in [0.15, 0.2) is 0 Å². The highest BCUT2D eigenvalue weighted by atomic mass is 35.5. The van der Waals surface area contributed by atoms with E-state index >= 15 is 0 Å². The van der Waals surface area contributed by atoms with Crippen LogP contribution in [0, 0.1) is 0 Å². The van der Waals surface area contributed by atoms with Gasteiger partial charge in [-0.05, 0) is 33.4 Å². The van der Waals surface area contributed by atoms with Crippen molar-refractivity contribution in [2.24, 2.45) is 0 Å². The van der Waals surface area contributed by atoms with E-state index in [2.05, 4.69) is 18.9 Å². The van der Waals surface area contributed by atoms with Crippen molar-refractivity contribution < 1.29 is 0 Å². The van der Waals surface area contributed by atoms with E-state index in [1.165, 1.54) is 25.8 Å². The van der Waals surface area contributed by atoms with Gasteiger partial charge in [0.05, 0.1) is 0 Å². The van der Waals surface area contributed by atoms with Gasteiger partial charge in [-0.25, -0.2) is 0 Å². The van der Waals surface area contributed by atoms with Crippen LogP contribution in [0.2, 0.25) is 0 Å². The molecule has 1 rings (SSSR count). The molecule has 1 nitrogen and oxygen atoms in total. The van der Waals surface area contributed by atoms with Gasteiger partial charge in [-0.15, -0.1) is 12.4 Å². The fourth-order valence-corrected chi connectivity index (χ4v) is 1.24. The van der Waals surface area contributed by atoms with Gasteiger partial charge in [0.15, 0.2) is 0 Å². The zero-order chi connectivity index (χ0) is 5.98. The number of hydrogen-bond acceptors (Lipinski definition) is 1. The molecule has 0 aromatic carbocycles. The molecule has 56 valence electrons. The third-order valence-corrected chi connectivity index (χ3v) is 2.14. The molecule has 2 heteroatoms. The minimum atomic E-state index is 0. The Morgan fingerprint density at radius 1 is 1.33 bits per heavy atom. The summed E-state index contributed by atoms with van der Waals surface area (Å²) >= 11 is 0. The van der Waals surface area contributed by atoms with E-state index in [0.717, 1.165) is 6.04 Å². The van der Waals surface area contributed by atoms with Crippen molar-refractivity contribution in [3.8, 4) is 0 Å². The van der Waals surface area contributed by atoms with Crippen molar-refractivity contribution in [1.82, 2.24) is 4.90 Å². The Morgan fingerprint density at radius 2 is 2.00 bits per heavy atom. The maximum absolute atomic E-state index is 2.43. The Bertz CT molecular complexity index is 65.3. The summed E-state index contributed by atoms with van der Waals surface area (Å²) in [5, 5.41) is 0. The number of rotatable bonds is 0. The summed E-state index contributed by atoms with van der Waals surface area (Å²) < 4.78 is 0. The van der Waals surface area contributed by atoms with Crippen LogP contribution in [0.25, 0.3) is 0 Å². The van der Waals surface area contributed by atoms with Crippen LogP contribution >= 0.6 is 12.4 Å². The first-order valence-electron chi connectivity index (χ1n) is 3.51. The molecular weight excluding hydrogens is 134 g/mol. The summed E-state index contributed by atoms with van der Waals surface area (Å²) in [5.74, 6) is 0. The molecule has 0 aromatic heterocycles. The fraction of sp³-hybridized carbons (Fsp3) is 1.00. The number of halogens is 1. The molecule has 0 N–H and O–H groups in total. The summed E-state index contributed by atoms with van der Waals surface area (Å²) in [4.78, 5) is 2.43. The molecule has 1 aliphatic rings. The number of piperidine rings is 1. The van der Waals surface area contributed by atoms with Gasteiger partial charge in [0.2, 0.25) is 0 Å². The van der Waals surface area contributed by atoms with Gasteiger partial charge in [-0.1, -0.05) is 6.42 Å². The van der Waals surface area contributed by atoms with Gasteiger partial charge in [-0.3, -0.25) is 0 Å². The van der Waals surface area contributed by atoms with Gasteiger partial charge < -0.3 is 4.90 Å². The Hall–Kier alpha value is 0.250. The molecule has 0 aromatic rings. The normalized spacial score (nSPS) is 29.3. The highest BCUT2D eigenvalue weighted by Gasteiger charge is 2.12. The van der Waals surface area contributed by atoms with E-state index in [-0.39, 0.29) is 12.4 Å². The first-order chi connectivity index (χ1) is 3.80. The lowest BCUT2D eigenvalue weighted by atomic mass is 10.1. The molecule has 0 saturated carbocycles. The molecule has 0 aliphatic carbocycles. The van der Waals surface area contributed by atoms with Gasteiger partial charge in [0.1, 0.15) is 0 Å². The molecule has 1 heterocycles. The molecule has 0 spiro atoms. The Kier molecular flexibility index (Phi) is 4.24. The Labute approximate surface area is 63.8 Å². The molecule has 0 amide bonds. The quantitative estimate of drug-likeness (QED) is 0.509. The second-order valence-corrected chi connectivity index (χ2v) is 2.83. The molecule has 1 fully saturated rings. The van der Waals surface area contributed by atoms with E-state index in [1.54, 1.807) is 0 Å². The molecule has 0 bridgehead atoms. The SMILES string of the molecule is CC1CCCCN1C.Cl. The summed E-state index contributed by atoms with van der Waals surface area (Å²) in [5.41, 5.74) is 0. The monoisotopic (exact) mass is 149 g/mol. The maximum Gasteiger partial charge on any atom is 0.00638 e. The van der Waals surface area contributed by atoms with Crippen LogP contribution in [0.1, 0.15) is 26.2 Å². The van der Waals surface area contributed by atoms with Crippen LogP contribution in [0.4, 0.5) is 0 Å². The average Bonchev–Trinajstić information content (AvgIpc) is 1.77. The standard InChI is InChI=1S/C7H15N.ClH/c1-7-5-3-4-6-8(7)2;/h7H,3-6H2,1-2H3;1H. The van der Waals surface area contributed by atoms with E-state index < -0.39 is 0 Å².